The molecule has 7 heteroatoms. The van der Waals surface area contributed by atoms with Crippen LogP contribution in [0, 0.1) is 68.0 Å². The number of morpholine rings is 1. The molecule has 0 aromatic rings. The van der Waals surface area contributed by atoms with Crippen LogP contribution in [-0.2, 0) is 19.0 Å². The molecule has 2 saturated heterocycles. The topological polar surface area (TPSA) is 92.0 Å². The average molecular weight is 609 g/mol. The monoisotopic (exact) mass is 608 g/mol. The number of rotatable bonds is 5. The first kappa shape index (κ1) is 30.2. The zero-order chi connectivity index (χ0) is 30.9. The predicted octanol–water partition coefficient (Wildman–Crippen LogP) is 6.08. The van der Waals surface area contributed by atoms with Crippen LogP contribution < -0.4 is 0 Å². The van der Waals surface area contributed by atoms with Gasteiger partial charge in [-0.15, -0.1) is 0 Å². The van der Waals surface area contributed by atoms with Crippen molar-refractivity contribution in [3.8, 4) is 6.07 Å². The molecule has 0 radical (unpaired) electrons. The molecule has 6 aliphatic carbocycles. The molecule has 2 spiro atoms. The lowest BCUT2D eigenvalue weighted by molar-refractivity contribution is -0.248. The SMILES string of the molecule is C[C@@H]1C[C@H](CC#N)O[C@H]2[C@H]1[C@@]1(C)CC[C@@]34C[C@@]35CCC(O[C@H]3CN(C(=O)CC6CC6)CCO3)C(C)(C)[C@@H]5CC[C@H]4[C@]1(C)[C@H]2O. The van der Waals surface area contributed by atoms with Crippen LogP contribution in [0.5, 0.6) is 0 Å². The molecule has 44 heavy (non-hydrogen) atoms. The minimum absolute atomic E-state index is 0.0302. The number of nitriles is 1. The van der Waals surface area contributed by atoms with Gasteiger partial charge in [0.2, 0.25) is 5.91 Å². The third kappa shape index (κ3) is 3.90. The Hall–Kier alpha value is -1.20. The maximum Gasteiger partial charge on any atom is 0.223 e. The summed E-state index contributed by atoms with van der Waals surface area (Å²) in [6.45, 7) is 14.0. The summed E-state index contributed by atoms with van der Waals surface area (Å²) < 4.78 is 19.6. The van der Waals surface area contributed by atoms with Gasteiger partial charge in [0.15, 0.2) is 6.29 Å². The molecule has 8 fully saturated rings. The fraction of sp³-hybridized carbons (Fsp3) is 0.946. The summed E-state index contributed by atoms with van der Waals surface area (Å²) >= 11 is 0. The number of hydrogen-bond donors (Lipinski definition) is 1. The normalized spacial score (nSPS) is 53.8. The number of ether oxygens (including phenoxy) is 3. The van der Waals surface area contributed by atoms with E-state index in [1.54, 1.807) is 0 Å². The highest BCUT2D eigenvalue weighted by atomic mass is 16.7. The van der Waals surface area contributed by atoms with Crippen LogP contribution in [0.15, 0.2) is 0 Å². The second kappa shape index (κ2) is 9.91. The van der Waals surface area contributed by atoms with Crippen LogP contribution in [-0.4, -0.2) is 66.3 Å². The fourth-order valence-electron chi connectivity index (χ4n) is 13.7. The Morgan fingerprint density at radius 3 is 2.55 bits per heavy atom. The molecule has 1 unspecified atom stereocenters. The number of carbonyl (C=O) groups excluding carboxylic acids is 1. The molecular weight excluding hydrogens is 552 g/mol. The van der Waals surface area contributed by atoms with Gasteiger partial charge < -0.3 is 24.2 Å². The summed E-state index contributed by atoms with van der Waals surface area (Å²) in [5.41, 5.74) is 0.560. The number of aliphatic hydroxyl groups excluding tert-OH is 1. The third-order valence-electron chi connectivity index (χ3n) is 16.0. The van der Waals surface area contributed by atoms with Gasteiger partial charge in [-0.25, -0.2) is 0 Å². The Kier molecular flexibility index (Phi) is 6.79. The molecule has 6 saturated carbocycles. The molecule has 1 N–H and O–H groups in total. The standard InChI is InChI=1S/C37H56N2O5/c1-22-18-24(11-15-38)43-31-30(22)34(4)13-14-37-21-36(37)12-10-27(33(2,3)25(36)8-9-26(37)35(34,5)32(31)41)44-29-20-39(16-17-42-29)28(40)19-23-6-7-23/h22-27,29-32,41H,6-14,16-21H2,1-5H3/t22-,24+,25+,26+,27?,29+,30+,31+,32+,34-,35-,36-,37+/m1/s1. The molecule has 244 valence electrons. The number of aliphatic hydroxyl groups is 1. The van der Waals surface area contributed by atoms with Crippen molar-refractivity contribution in [2.45, 2.75) is 142 Å². The molecule has 13 atom stereocenters. The van der Waals surface area contributed by atoms with E-state index in [1.807, 2.05) is 4.90 Å². The van der Waals surface area contributed by atoms with Crippen molar-refractivity contribution < 1.29 is 24.1 Å². The highest BCUT2D eigenvalue weighted by molar-refractivity contribution is 5.76. The van der Waals surface area contributed by atoms with Crippen molar-refractivity contribution in [3.63, 3.8) is 0 Å². The minimum atomic E-state index is -0.473. The van der Waals surface area contributed by atoms with E-state index in [-0.39, 0.29) is 46.8 Å². The largest absolute Gasteiger partial charge is 0.390 e. The first-order chi connectivity index (χ1) is 20.9. The van der Waals surface area contributed by atoms with Gasteiger partial charge in [0.1, 0.15) is 0 Å². The molecular formula is C37H56N2O5. The van der Waals surface area contributed by atoms with Crippen LogP contribution in [0.3, 0.4) is 0 Å². The van der Waals surface area contributed by atoms with Crippen molar-refractivity contribution >= 4 is 5.91 Å². The van der Waals surface area contributed by atoms with E-state index in [0.717, 1.165) is 12.8 Å². The number of fused-ring (bicyclic) bond motifs is 4. The van der Waals surface area contributed by atoms with Crippen molar-refractivity contribution in [1.29, 1.82) is 5.26 Å². The summed E-state index contributed by atoms with van der Waals surface area (Å²) in [6, 6.07) is 2.33. The molecule has 8 rings (SSSR count). The lowest BCUT2D eigenvalue weighted by atomic mass is 9.41. The van der Waals surface area contributed by atoms with Crippen LogP contribution >= 0.6 is 0 Å². The molecule has 2 aliphatic heterocycles. The van der Waals surface area contributed by atoms with Crippen LogP contribution in [0.25, 0.3) is 0 Å². The number of amides is 1. The van der Waals surface area contributed by atoms with Crippen LogP contribution in [0.4, 0.5) is 0 Å². The summed E-state index contributed by atoms with van der Waals surface area (Å²) in [7, 11) is 0. The fourth-order valence-corrected chi connectivity index (χ4v) is 13.7. The lowest BCUT2D eigenvalue weighted by Gasteiger charge is -2.64. The Morgan fingerprint density at radius 2 is 1.80 bits per heavy atom. The molecule has 7 nitrogen and oxygen atoms in total. The molecule has 0 aromatic heterocycles. The second-order valence-electron chi connectivity index (χ2n) is 17.9. The van der Waals surface area contributed by atoms with Gasteiger partial charge in [-0.05, 0) is 115 Å². The van der Waals surface area contributed by atoms with Gasteiger partial charge in [0, 0.05) is 18.4 Å². The molecule has 2 heterocycles. The Balaban J connectivity index is 1.01. The summed E-state index contributed by atoms with van der Waals surface area (Å²) in [6.07, 6.45) is 11.9. The molecule has 0 bridgehead atoms. The second-order valence-corrected chi connectivity index (χ2v) is 17.9. The third-order valence-corrected chi connectivity index (χ3v) is 16.0. The van der Waals surface area contributed by atoms with Crippen molar-refractivity contribution in [3.05, 3.63) is 0 Å². The van der Waals surface area contributed by atoms with Gasteiger partial charge in [-0.2, -0.15) is 5.26 Å². The zero-order valence-electron chi connectivity index (χ0n) is 27.9. The van der Waals surface area contributed by atoms with Gasteiger partial charge >= 0.3 is 0 Å². The predicted molar refractivity (Wildman–Crippen MR) is 165 cm³/mol. The van der Waals surface area contributed by atoms with E-state index in [0.29, 0.717) is 73.0 Å². The van der Waals surface area contributed by atoms with E-state index in [2.05, 4.69) is 40.7 Å². The lowest BCUT2D eigenvalue weighted by Crippen LogP contribution is -2.60. The smallest absolute Gasteiger partial charge is 0.223 e. The average Bonchev–Trinajstić information content (AvgIpc) is 3.90. The van der Waals surface area contributed by atoms with Gasteiger partial charge in [-0.1, -0.05) is 34.6 Å². The van der Waals surface area contributed by atoms with E-state index < -0.39 is 6.10 Å². The van der Waals surface area contributed by atoms with E-state index in [1.165, 1.54) is 51.4 Å². The number of hydrogen-bond acceptors (Lipinski definition) is 6. The van der Waals surface area contributed by atoms with Crippen LogP contribution in [0.2, 0.25) is 0 Å². The maximum absolute atomic E-state index is 12.9. The van der Waals surface area contributed by atoms with Gasteiger partial charge in [0.25, 0.3) is 0 Å². The first-order valence-corrected chi connectivity index (χ1v) is 18.2. The molecule has 8 aliphatic rings. The summed E-state index contributed by atoms with van der Waals surface area (Å²) in [5.74, 6) is 2.80. The van der Waals surface area contributed by atoms with Crippen molar-refractivity contribution in [1.82, 2.24) is 4.90 Å². The Labute approximate surface area is 264 Å². The van der Waals surface area contributed by atoms with Crippen molar-refractivity contribution in [2.24, 2.45) is 56.7 Å². The highest BCUT2D eigenvalue weighted by Gasteiger charge is 2.84. The number of nitrogens with zero attached hydrogens (tertiary/aromatic N) is 2. The Morgan fingerprint density at radius 1 is 1.05 bits per heavy atom. The molecule has 1 amide bonds. The first-order valence-electron chi connectivity index (χ1n) is 18.2. The van der Waals surface area contributed by atoms with E-state index in [4.69, 9.17) is 14.2 Å². The Bertz CT molecular complexity index is 1230. The highest BCUT2D eigenvalue weighted by Crippen LogP contribution is 2.89. The van der Waals surface area contributed by atoms with E-state index in [9.17, 15) is 15.2 Å². The summed E-state index contributed by atoms with van der Waals surface area (Å²) in [5, 5.41) is 21.7. The summed E-state index contributed by atoms with van der Waals surface area (Å²) in [4.78, 5) is 14.8. The minimum Gasteiger partial charge on any atom is -0.390 e. The zero-order valence-corrected chi connectivity index (χ0v) is 27.9. The molecule has 0 aromatic carbocycles. The van der Waals surface area contributed by atoms with Crippen molar-refractivity contribution in [2.75, 3.05) is 19.7 Å². The quantitative estimate of drug-likeness (QED) is 0.407. The number of carbonyl (C=O) groups is 1. The van der Waals surface area contributed by atoms with Gasteiger partial charge in [0.05, 0.1) is 50.1 Å². The van der Waals surface area contributed by atoms with E-state index >= 15 is 0 Å². The van der Waals surface area contributed by atoms with Crippen LogP contribution in [0.1, 0.15) is 112 Å². The van der Waals surface area contributed by atoms with Gasteiger partial charge in [-0.3, -0.25) is 4.79 Å². The maximum atomic E-state index is 12.9.